The number of aliphatic hydroxyl groups excluding tert-OH is 1. The van der Waals surface area contributed by atoms with E-state index in [0.29, 0.717) is 17.9 Å². The highest BCUT2D eigenvalue weighted by atomic mass is 16.5. The summed E-state index contributed by atoms with van der Waals surface area (Å²) in [7, 11) is 0. The summed E-state index contributed by atoms with van der Waals surface area (Å²) >= 11 is 0. The molecule has 4 heteroatoms. The predicted octanol–water partition coefficient (Wildman–Crippen LogP) is 1.17. The first-order chi connectivity index (χ1) is 7.06. The quantitative estimate of drug-likeness (QED) is 0.698. The first-order valence-corrected chi connectivity index (χ1v) is 4.95. The van der Waals surface area contributed by atoms with E-state index in [0.717, 1.165) is 0 Å². The minimum atomic E-state index is -0.746. The SMILES string of the molecule is CCOc1cc(C(O)C(C)N)ccc1O. The second-order valence-corrected chi connectivity index (χ2v) is 3.46. The third kappa shape index (κ3) is 2.84. The molecule has 4 N–H and O–H groups in total. The summed E-state index contributed by atoms with van der Waals surface area (Å²) in [5, 5.41) is 19.2. The maximum Gasteiger partial charge on any atom is 0.161 e. The van der Waals surface area contributed by atoms with Gasteiger partial charge in [0.15, 0.2) is 11.5 Å². The number of hydrogen-bond donors (Lipinski definition) is 3. The number of nitrogens with two attached hydrogens (primary N) is 1. The highest BCUT2D eigenvalue weighted by molar-refractivity contribution is 5.42. The molecule has 0 radical (unpaired) electrons. The van der Waals surface area contributed by atoms with Gasteiger partial charge in [0, 0.05) is 6.04 Å². The number of hydrogen-bond acceptors (Lipinski definition) is 4. The van der Waals surface area contributed by atoms with Gasteiger partial charge in [-0.3, -0.25) is 0 Å². The van der Waals surface area contributed by atoms with Crippen LogP contribution in [0.5, 0.6) is 11.5 Å². The molecule has 0 aliphatic carbocycles. The fourth-order valence-corrected chi connectivity index (χ4v) is 1.29. The molecule has 0 aliphatic rings. The van der Waals surface area contributed by atoms with Gasteiger partial charge in [-0.05, 0) is 31.5 Å². The van der Waals surface area contributed by atoms with Crippen molar-refractivity contribution in [2.45, 2.75) is 26.0 Å². The second kappa shape index (κ2) is 5.00. The normalized spacial score (nSPS) is 14.7. The van der Waals surface area contributed by atoms with Crippen molar-refractivity contribution in [1.29, 1.82) is 0 Å². The van der Waals surface area contributed by atoms with Crippen LogP contribution in [0.4, 0.5) is 0 Å². The summed E-state index contributed by atoms with van der Waals surface area (Å²) in [5.41, 5.74) is 6.22. The molecular formula is C11H17NO3. The fraction of sp³-hybridized carbons (Fsp3) is 0.455. The van der Waals surface area contributed by atoms with E-state index in [4.69, 9.17) is 10.5 Å². The summed E-state index contributed by atoms with van der Waals surface area (Å²) in [5.74, 6) is 0.437. The van der Waals surface area contributed by atoms with Gasteiger partial charge in [0.25, 0.3) is 0 Å². The first-order valence-electron chi connectivity index (χ1n) is 4.95. The van der Waals surface area contributed by atoms with Crippen molar-refractivity contribution in [3.8, 4) is 11.5 Å². The van der Waals surface area contributed by atoms with Crippen LogP contribution >= 0.6 is 0 Å². The molecule has 0 bridgehead atoms. The van der Waals surface area contributed by atoms with E-state index in [1.54, 1.807) is 19.1 Å². The van der Waals surface area contributed by atoms with Crippen molar-refractivity contribution in [3.63, 3.8) is 0 Å². The summed E-state index contributed by atoms with van der Waals surface area (Å²) < 4.78 is 5.21. The van der Waals surface area contributed by atoms with Crippen molar-refractivity contribution in [2.24, 2.45) is 5.73 Å². The Morgan fingerprint density at radius 2 is 2.13 bits per heavy atom. The Kier molecular flexibility index (Phi) is 3.94. The molecule has 4 nitrogen and oxygen atoms in total. The van der Waals surface area contributed by atoms with Gasteiger partial charge >= 0.3 is 0 Å². The third-order valence-electron chi connectivity index (χ3n) is 2.12. The van der Waals surface area contributed by atoms with E-state index in [-0.39, 0.29) is 11.8 Å². The van der Waals surface area contributed by atoms with Crippen LogP contribution in [0.1, 0.15) is 25.5 Å². The van der Waals surface area contributed by atoms with Gasteiger partial charge in [-0.1, -0.05) is 6.07 Å². The van der Waals surface area contributed by atoms with Crippen LogP contribution in [-0.2, 0) is 0 Å². The smallest absolute Gasteiger partial charge is 0.161 e. The molecule has 1 rings (SSSR count). The average molecular weight is 211 g/mol. The first kappa shape index (κ1) is 11.8. The number of ether oxygens (including phenoxy) is 1. The average Bonchev–Trinajstić information content (AvgIpc) is 2.20. The van der Waals surface area contributed by atoms with Crippen LogP contribution in [0, 0.1) is 0 Å². The highest BCUT2D eigenvalue weighted by Crippen LogP contribution is 2.29. The van der Waals surface area contributed by atoms with Crippen molar-refractivity contribution >= 4 is 0 Å². The highest BCUT2D eigenvalue weighted by Gasteiger charge is 2.14. The molecule has 2 atom stereocenters. The van der Waals surface area contributed by atoms with Crippen LogP contribution in [0.15, 0.2) is 18.2 Å². The van der Waals surface area contributed by atoms with Gasteiger partial charge < -0.3 is 20.7 Å². The predicted molar refractivity (Wildman–Crippen MR) is 57.9 cm³/mol. The minimum absolute atomic E-state index is 0.0671. The molecule has 0 heterocycles. The van der Waals surface area contributed by atoms with E-state index in [1.165, 1.54) is 6.07 Å². The number of aromatic hydroxyl groups is 1. The van der Waals surface area contributed by atoms with Gasteiger partial charge in [-0.25, -0.2) is 0 Å². The van der Waals surface area contributed by atoms with Crippen LogP contribution in [0.3, 0.4) is 0 Å². The Balaban J connectivity index is 2.96. The molecule has 0 saturated carbocycles. The second-order valence-electron chi connectivity index (χ2n) is 3.46. The molecule has 0 spiro atoms. The lowest BCUT2D eigenvalue weighted by Crippen LogP contribution is -2.24. The molecule has 84 valence electrons. The molecule has 0 saturated heterocycles. The van der Waals surface area contributed by atoms with E-state index >= 15 is 0 Å². The molecule has 15 heavy (non-hydrogen) atoms. The van der Waals surface area contributed by atoms with Crippen molar-refractivity contribution < 1.29 is 14.9 Å². The molecule has 0 aliphatic heterocycles. The molecule has 1 aromatic carbocycles. The zero-order valence-corrected chi connectivity index (χ0v) is 8.97. The summed E-state index contributed by atoms with van der Waals surface area (Å²) in [6, 6.07) is 4.37. The standard InChI is InChI=1S/C11H17NO3/c1-3-15-10-6-8(4-5-9(10)13)11(14)7(2)12/h4-7,11,13-14H,3,12H2,1-2H3. The maximum absolute atomic E-state index is 9.72. The Morgan fingerprint density at radius 1 is 1.47 bits per heavy atom. The molecule has 2 unspecified atom stereocenters. The van der Waals surface area contributed by atoms with Crippen LogP contribution < -0.4 is 10.5 Å². The number of rotatable bonds is 4. The van der Waals surface area contributed by atoms with Crippen LogP contribution in [0.2, 0.25) is 0 Å². The number of benzene rings is 1. The number of aliphatic hydroxyl groups is 1. The van der Waals surface area contributed by atoms with Crippen molar-refractivity contribution in [1.82, 2.24) is 0 Å². The maximum atomic E-state index is 9.72. The summed E-state index contributed by atoms with van der Waals surface area (Å²) in [6.07, 6.45) is -0.746. The van der Waals surface area contributed by atoms with Crippen molar-refractivity contribution in [3.05, 3.63) is 23.8 Å². The van der Waals surface area contributed by atoms with Crippen LogP contribution in [0.25, 0.3) is 0 Å². The number of phenolic OH excluding ortho intramolecular Hbond substituents is 1. The molecule has 0 amide bonds. The largest absolute Gasteiger partial charge is 0.504 e. The Labute approximate surface area is 89.3 Å². The summed E-state index contributed by atoms with van der Waals surface area (Å²) in [6.45, 7) is 4.01. The topological polar surface area (TPSA) is 75.7 Å². The Morgan fingerprint density at radius 3 is 2.67 bits per heavy atom. The molecule has 1 aromatic rings. The monoisotopic (exact) mass is 211 g/mol. The van der Waals surface area contributed by atoms with Gasteiger partial charge in [-0.15, -0.1) is 0 Å². The van der Waals surface area contributed by atoms with E-state index in [1.807, 2.05) is 6.92 Å². The lowest BCUT2D eigenvalue weighted by Gasteiger charge is -2.16. The lowest BCUT2D eigenvalue weighted by molar-refractivity contribution is 0.152. The van der Waals surface area contributed by atoms with Gasteiger partial charge in [0.05, 0.1) is 12.7 Å². The van der Waals surface area contributed by atoms with Crippen LogP contribution in [-0.4, -0.2) is 22.9 Å². The van der Waals surface area contributed by atoms with Gasteiger partial charge in [0.1, 0.15) is 0 Å². The van der Waals surface area contributed by atoms with Gasteiger partial charge in [0.2, 0.25) is 0 Å². The van der Waals surface area contributed by atoms with E-state index in [2.05, 4.69) is 0 Å². The van der Waals surface area contributed by atoms with E-state index in [9.17, 15) is 10.2 Å². The molecule has 0 fully saturated rings. The van der Waals surface area contributed by atoms with Crippen molar-refractivity contribution in [2.75, 3.05) is 6.61 Å². The molecule has 0 aromatic heterocycles. The molecular weight excluding hydrogens is 194 g/mol. The lowest BCUT2D eigenvalue weighted by atomic mass is 10.0. The zero-order chi connectivity index (χ0) is 11.4. The summed E-state index contributed by atoms with van der Waals surface area (Å²) in [4.78, 5) is 0. The Bertz CT molecular complexity index is 326. The van der Waals surface area contributed by atoms with E-state index < -0.39 is 6.10 Å². The fourth-order valence-electron chi connectivity index (χ4n) is 1.29. The number of phenols is 1. The Hall–Kier alpha value is -1.26. The zero-order valence-electron chi connectivity index (χ0n) is 8.97. The minimum Gasteiger partial charge on any atom is -0.504 e. The third-order valence-corrected chi connectivity index (χ3v) is 2.12. The van der Waals surface area contributed by atoms with Gasteiger partial charge in [-0.2, -0.15) is 0 Å².